The Morgan fingerprint density at radius 2 is 2.21 bits per heavy atom. The van der Waals surface area contributed by atoms with Crippen LogP contribution in [0.25, 0.3) is 10.9 Å². The maximum absolute atomic E-state index is 15.3. The van der Waals surface area contributed by atoms with E-state index in [1.807, 2.05) is 11.0 Å². The highest BCUT2D eigenvalue weighted by molar-refractivity contribution is 14.1. The van der Waals surface area contributed by atoms with Gasteiger partial charge in [-0.15, -0.1) is 0 Å². The minimum absolute atomic E-state index is 0.0536. The third-order valence-electron chi connectivity index (χ3n) is 6.77. The molecule has 0 bridgehead atoms. The lowest BCUT2D eigenvalue weighted by molar-refractivity contribution is -0.0123. The lowest BCUT2D eigenvalue weighted by Crippen LogP contribution is -2.44. The Bertz CT molecular complexity index is 1080. The summed E-state index contributed by atoms with van der Waals surface area (Å²) in [6, 6.07) is 1.88. The molecule has 0 radical (unpaired) electrons. The standard InChI is InChI=1S/C22H26BrF2IN4O3/c1-21(31)10-29(5-6-32-11-21)19-14-7-15(26)16(23)17(25)18(14)27-20(28-19)33-12-22-3-2-4-30(22)9-13(24)8-22/h7,13,31H,2-6,8-12H2,1H3/t13-,21+,22+/m1/s1. The van der Waals surface area contributed by atoms with Crippen LogP contribution in [0.3, 0.4) is 0 Å². The topological polar surface area (TPSA) is 71.0 Å². The van der Waals surface area contributed by atoms with Crippen molar-refractivity contribution in [3.8, 4) is 6.01 Å². The van der Waals surface area contributed by atoms with Crippen LogP contribution in [-0.4, -0.2) is 83.3 Å². The average Bonchev–Trinajstić information content (AvgIpc) is 3.21. The quantitative estimate of drug-likeness (QED) is 0.405. The first-order chi connectivity index (χ1) is 15.7. The van der Waals surface area contributed by atoms with E-state index in [1.165, 1.54) is 0 Å². The van der Waals surface area contributed by atoms with Crippen LogP contribution in [0, 0.1) is 9.39 Å². The first kappa shape index (κ1) is 23.8. The molecule has 1 aromatic heterocycles. The van der Waals surface area contributed by atoms with Crippen molar-refractivity contribution in [1.29, 1.82) is 0 Å². The van der Waals surface area contributed by atoms with Crippen LogP contribution >= 0.6 is 38.5 Å². The Morgan fingerprint density at radius 3 is 3.03 bits per heavy atom. The summed E-state index contributed by atoms with van der Waals surface area (Å²) >= 11 is 5.37. The van der Waals surface area contributed by atoms with E-state index < -0.39 is 17.6 Å². The molecule has 0 unspecified atom stereocenters. The zero-order valence-electron chi connectivity index (χ0n) is 18.3. The SMILES string of the molecule is C[C@@]1(O)COCCN(c2nc(OC[C@@]34CCCN3C[C@H](F)C4)nc3c(F)c(Br)c(I)cc23)C1. The summed E-state index contributed by atoms with van der Waals surface area (Å²) in [4.78, 5) is 13.1. The molecule has 2 aromatic rings. The van der Waals surface area contributed by atoms with Gasteiger partial charge in [-0.3, -0.25) is 4.90 Å². The molecule has 3 fully saturated rings. The highest BCUT2D eigenvalue weighted by atomic mass is 127. The molecule has 4 heterocycles. The summed E-state index contributed by atoms with van der Waals surface area (Å²) in [5.41, 5.74) is -1.30. The number of ether oxygens (including phenoxy) is 2. The molecule has 0 amide bonds. The van der Waals surface area contributed by atoms with Gasteiger partial charge in [-0.1, -0.05) is 0 Å². The molecule has 1 aromatic carbocycles. The maximum atomic E-state index is 15.3. The van der Waals surface area contributed by atoms with E-state index in [2.05, 4.69) is 53.4 Å². The van der Waals surface area contributed by atoms with Crippen LogP contribution in [0.15, 0.2) is 10.5 Å². The number of aromatic nitrogens is 2. The van der Waals surface area contributed by atoms with Crippen molar-refractivity contribution in [2.24, 2.45) is 0 Å². The van der Waals surface area contributed by atoms with Crippen LogP contribution in [-0.2, 0) is 4.74 Å². The number of aliphatic hydroxyl groups is 1. The smallest absolute Gasteiger partial charge is 0.319 e. The first-order valence-electron chi connectivity index (χ1n) is 11.1. The first-order valence-corrected chi connectivity index (χ1v) is 13.0. The summed E-state index contributed by atoms with van der Waals surface area (Å²) in [6.45, 7) is 4.61. The molecule has 3 atom stereocenters. The van der Waals surface area contributed by atoms with E-state index in [4.69, 9.17) is 9.47 Å². The number of halogens is 4. The van der Waals surface area contributed by atoms with E-state index >= 15 is 4.39 Å². The average molecular weight is 639 g/mol. The summed E-state index contributed by atoms with van der Waals surface area (Å²) in [7, 11) is 0. The Balaban J connectivity index is 1.54. The van der Waals surface area contributed by atoms with Gasteiger partial charge < -0.3 is 19.5 Å². The fourth-order valence-corrected chi connectivity index (χ4v) is 6.12. The van der Waals surface area contributed by atoms with Crippen LogP contribution < -0.4 is 9.64 Å². The summed E-state index contributed by atoms with van der Waals surface area (Å²) in [6.07, 6.45) is 1.43. The second kappa shape index (κ2) is 8.96. The van der Waals surface area contributed by atoms with E-state index in [0.29, 0.717) is 45.4 Å². The molecule has 3 aliphatic rings. The van der Waals surface area contributed by atoms with Gasteiger partial charge in [-0.2, -0.15) is 9.97 Å². The molecule has 11 heteroatoms. The number of alkyl halides is 1. The van der Waals surface area contributed by atoms with Crippen LogP contribution in [0.4, 0.5) is 14.6 Å². The van der Waals surface area contributed by atoms with Crippen LogP contribution in [0.5, 0.6) is 6.01 Å². The Labute approximate surface area is 213 Å². The third-order valence-corrected chi connectivity index (χ3v) is 9.13. The zero-order valence-corrected chi connectivity index (χ0v) is 22.0. The maximum Gasteiger partial charge on any atom is 0.319 e. The normalized spacial score (nSPS) is 30.6. The monoisotopic (exact) mass is 638 g/mol. The Kier molecular flexibility index (Phi) is 6.47. The minimum atomic E-state index is -1.08. The van der Waals surface area contributed by atoms with Gasteiger partial charge >= 0.3 is 6.01 Å². The number of benzene rings is 1. The van der Waals surface area contributed by atoms with Gasteiger partial charge in [0.15, 0.2) is 5.82 Å². The molecule has 3 saturated heterocycles. The van der Waals surface area contributed by atoms with E-state index in [1.54, 1.807) is 6.92 Å². The van der Waals surface area contributed by atoms with Crippen molar-refractivity contribution in [1.82, 2.24) is 14.9 Å². The number of nitrogens with zero attached hydrogens (tertiary/aromatic N) is 4. The van der Waals surface area contributed by atoms with Gasteiger partial charge in [0.05, 0.1) is 29.8 Å². The Morgan fingerprint density at radius 1 is 1.39 bits per heavy atom. The lowest BCUT2D eigenvalue weighted by atomic mass is 9.95. The van der Waals surface area contributed by atoms with Gasteiger partial charge in [0, 0.05) is 28.5 Å². The fourth-order valence-electron chi connectivity index (χ4n) is 5.27. The van der Waals surface area contributed by atoms with Crippen molar-refractivity contribution in [2.45, 2.75) is 43.5 Å². The summed E-state index contributed by atoms with van der Waals surface area (Å²) < 4.78 is 42.1. The summed E-state index contributed by atoms with van der Waals surface area (Å²) in [5, 5.41) is 11.2. The number of hydrogen-bond donors (Lipinski definition) is 1. The zero-order chi connectivity index (χ0) is 23.4. The third kappa shape index (κ3) is 4.55. The second-order valence-corrected chi connectivity index (χ2v) is 11.5. The molecular formula is C22H26BrF2IN4O3. The largest absolute Gasteiger partial charge is 0.461 e. The Hall–Kier alpha value is -0.890. The van der Waals surface area contributed by atoms with Gasteiger partial charge in [-0.05, 0) is 70.9 Å². The molecular weight excluding hydrogens is 613 g/mol. The van der Waals surface area contributed by atoms with E-state index in [-0.39, 0.29) is 36.8 Å². The van der Waals surface area contributed by atoms with Gasteiger partial charge in [0.25, 0.3) is 0 Å². The fraction of sp³-hybridized carbons (Fsp3) is 0.636. The molecule has 7 nitrogen and oxygen atoms in total. The predicted octanol–water partition coefficient (Wildman–Crippen LogP) is 3.68. The van der Waals surface area contributed by atoms with Crippen molar-refractivity contribution in [3.05, 3.63) is 19.9 Å². The van der Waals surface area contributed by atoms with Crippen molar-refractivity contribution < 1.29 is 23.4 Å². The minimum Gasteiger partial charge on any atom is -0.461 e. The van der Waals surface area contributed by atoms with Gasteiger partial charge in [0.2, 0.25) is 0 Å². The molecule has 5 rings (SSSR count). The number of rotatable bonds is 4. The molecule has 0 aliphatic carbocycles. The molecule has 0 spiro atoms. The van der Waals surface area contributed by atoms with Gasteiger partial charge in [-0.25, -0.2) is 8.78 Å². The molecule has 0 saturated carbocycles. The molecule has 1 N–H and O–H groups in total. The highest BCUT2D eigenvalue weighted by Gasteiger charge is 2.49. The summed E-state index contributed by atoms with van der Waals surface area (Å²) in [5.74, 6) is -0.00534. The highest BCUT2D eigenvalue weighted by Crippen LogP contribution is 2.41. The number of fused-ring (bicyclic) bond motifs is 2. The molecule has 180 valence electrons. The molecule has 33 heavy (non-hydrogen) atoms. The van der Waals surface area contributed by atoms with Crippen molar-refractivity contribution >= 4 is 55.2 Å². The van der Waals surface area contributed by atoms with Crippen LogP contribution in [0.2, 0.25) is 0 Å². The van der Waals surface area contributed by atoms with Crippen LogP contribution in [0.1, 0.15) is 26.2 Å². The van der Waals surface area contributed by atoms with Gasteiger partial charge in [0.1, 0.15) is 29.7 Å². The van der Waals surface area contributed by atoms with Crippen molar-refractivity contribution in [2.75, 3.05) is 50.9 Å². The second-order valence-electron chi connectivity index (χ2n) is 9.55. The predicted molar refractivity (Wildman–Crippen MR) is 132 cm³/mol. The van der Waals surface area contributed by atoms with E-state index in [0.717, 1.165) is 19.4 Å². The molecule has 3 aliphatic heterocycles. The lowest BCUT2D eigenvalue weighted by Gasteiger charge is -2.31. The number of β-amino-alcohol motifs (C(OH)–C–C–N with tert-alkyl or cyclic N) is 1. The van der Waals surface area contributed by atoms with E-state index in [9.17, 15) is 9.50 Å². The number of hydrogen-bond acceptors (Lipinski definition) is 7. The number of anilines is 1. The van der Waals surface area contributed by atoms with Crippen molar-refractivity contribution in [3.63, 3.8) is 0 Å².